The molecule has 1 rings (SSSR count). The van der Waals surface area contributed by atoms with E-state index in [9.17, 15) is 13.6 Å². The summed E-state index contributed by atoms with van der Waals surface area (Å²) in [6.07, 6.45) is 0. The van der Waals surface area contributed by atoms with Gasteiger partial charge < -0.3 is 15.5 Å². The molecule has 1 aromatic rings. The van der Waals surface area contributed by atoms with Gasteiger partial charge in [0.1, 0.15) is 12.4 Å². The number of rotatable bonds is 3. The van der Waals surface area contributed by atoms with Crippen LogP contribution in [0.25, 0.3) is 0 Å². The predicted octanol–water partition coefficient (Wildman–Crippen LogP) is 1.17. The van der Waals surface area contributed by atoms with Crippen LogP contribution in [0.4, 0.5) is 14.5 Å². The molecule has 0 atom stereocenters. The molecule has 0 aromatic heterocycles. The van der Waals surface area contributed by atoms with Gasteiger partial charge in [-0.05, 0) is 0 Å². The fourth-order valence-corrected chi connectivity index (χ4v) is 0.843. The Labute approximate surface area is 77.8 Å². The van der Waals surface area contributed by atoms with Gasteiger partial charge in [-0.3, -0.25) is 4.79 Å². The first-order valence-corrected chi connectivity index (χ1v) is 3.64. The van der Waals surface area contributed by atoms with Crippen LogP contribution in [0.5, 0.6) is 5.75 Å². The summed E-state index contributed by atoms with van der Waals surface area (Å²) >= 11 is 0. The number of carboxylic acid groups (broad SMARTS) is 1. The largest absolute Gasteiger partial charge is 0.505 e. The molecule has 0 radical (unpaired) electrons. The molecule has 76 valence electrons. The van der Waals surface area contributed by atoms with Crippen molar-refractivity contribution in [3.8, 4) is 5.75 Å². The van der Waals surface area contributed by atoms with Gasteiger partial charge in [0.25, 0.3) is 0 Å². The highest BCUT2D eigenvalue weighted by Crippen LogP contribution is 2.23. The van der Waals surface area contributed by atoms with E-state index in [1.54, 1.807) is 0 Å². The zero-order valence-corrected chi connectivity index (χ0v) is 6.92. The lowest BCUT2D eigenvalue weighted by Gasteiger charge is -2.05. The molecule has 3 N–H and O–H groups in total. The summed E-state index contributed by atoms with van der Waals surface area (Å²) in [6, 6.07) is 1.26. The fraction of sp³-hybridized carbons (Fsp3) is 0.125. The number of halogens is 2. The Morgan fingerprint density at radius 2 is 2.00 bits per heavy atom. The van der Waals surface area contributed by atoms with Crippen molar-refractivity contribution in [3.05, 3.63) is 23.8 Å². The molecule has 0 aliphatic carbocycles. The van der Waals surface area contributed by atoms with Crippen molar-refractivity contribution >= 4 is 11.7 Å². The van der Waals surface area contributed by atoms with Gasteiger partial charge in [0.05, 0.1) is 5.69 Å². The topological polar surface area (TPSA) is 69.6 Å². The molecule has 0 spiro atoms. The molecule has 14 heavy (non-hydrogen) atoms. The Bertz CT molecular complexity index is 368. The van der Waals surface area contributed by atoms with E-state index in [-0.39, 0.29) is 5.69 Å². The van der Waals surface area contributed by atoms with Gasteiger partial charge in [-0.25, -0.2) is 8.78 Å². The predicted molar refractivity (Wildman–Crippen MR) is 44.1 cm³/mol. The molecular formula is C8H7F2NO3. The lowest BCUT2D eigenvalue weighted by atomic mass is 10.2. The van der Waals surface area contributed by atoms with E-state index in [2.05, 4.69) is 5.32 Å². The van der Waals surface area contributed by atoms with E-state index in [0.29, 0.717) is 12.1 Å². The minimum absolute atomic E-state index is 0.303. The number of aromatic hydroxyl groups is 1. The summed E-state index contributed by atoms with van der Waals surface area (Å²) in [5.74, 6) is -3.94. The number of phenols is 1. The van der Waals surface area contributed by atoms with Gasteiger partial charge in [0, 0.05) is 12.1 Å². The second-order valence-electron chi connectivity index (χ2n) is 2.53. The Balaban J connectivity index is 2.87. The minimum Gasteiger partial charge on any atom is -0.505 e. The third-order valence-corrected chi connectivity index (χ3v) is 1.47. The zero-order chi connectivity index (χ0) is 10.7. The first-order valence-electron chi connectivity index (χ1n) is 3.64. The third kappa shape index (κ3) is 2.32. The summed E-state index contributed by atoms with van der Waals surface area (Å²) in [5.41, 5.74) is -0.303. The van der Waals surface area contributed by atoms with Gasteiger partial charge in [-0.1, -0.05) is 0 Å². The molecule has 1 aromatic carbocycles. The summed E-state index contributed by atoms with van der Waals surface area (Å²) < 4.78 is 25.6. The van der Waals surface area contributed by atoms with Crippen LogP contribution < -0.4 is 5.32 Å². The Morgan fingerprint density at radius 1 is 1.36 bits per heavy atom. The number of carbonyl (C=O) groups is 1. The van der Waals surface area contributed by atoms with Crippen LogP contribution in [0.2, 0.25) is 0 Å². The summed E-state index contributed by atoms with van der Waals surface area (Å²) in [4.78, 5) is 10.1. The van der Waals surface area contributed by atoms with Crippen molar-refractivity contribution in [2.75, 3.05) is 11.9 Å². The molecule has 0 unspecified atom stereocenters. The first-order chi connectivity index (χ1) is 6.50. The Morgan fingerprint density at radius 3 is 2.57 bits per heavy atom. The quantitative estimate of drug-likeness (QED) is 0.645. The summed E-state index contributed by atoms with van der Waals surface area (Å²) in [5, 5.41) is 19.2. The maximum Gasteiger partial charge on any atom is 0.322 e. The second kappa shape index (κ2) is 3.91. The van der Waals surface area contributed by atoms with Gasteiger partial charge in [0.15, 0.2) is 11.6 Å². The van der Waals surface area contributed by atoms with Gasteiger partial charge in [-0.2, -0.15) is 0 Å². The third-order valence-electron chi connectivity index (χ3n) is 1.47. The smallest absolute Gasteiger partial charge is 0.322 e. The van der Waals surface area contributed by atoms with E-state index in [4.69, 9.17) is 10.2 Å². The molecule has 0 aliphatic rings. The number of aliphatic carboxylic acids is 1. The van der Waals surface area contributed by atoms with Crippen LogP contribution in [0.1, 0.15) is 0 Å². The molecule has 0 saturated heterocycles. The lowest BCUT2D eigenvalue weighted by molar-refractivity contribution is -0.134. The average Bonchev–Trinajstić information content (AvgIpc) is 2.09. The van der Waals surface area contributed by atoms with Crippen molar-refractivity contribution in [1.82, 2.24) is 0 Å². The number of hydrogen-bond donors (Lipinski definition) is 3. The Kier molecular flexibility index (Phi) is 2.85. The monoisotopic (exact) mass is 203 g/mol. The molecule has 0 saturated carbocycles. The summed E-state index contributed by atoms with van der Waals surface area (Å²) in [7, 11) is 0. The zero-order valence-electron chi connectivity index (χ0n) is 6.92. The van der Waals surface area contributed by atoms with E-state index < -0.39 is 29.9 Å². The van der Waals surface area contributed by atoms with Crippen molar-refractivity contribution in [3.63, 3.8) is 0 Å². The maximum absolute atomic E-state index is 12.9. The molecule has 0 bridgehead atoms. The Hall–Kier alpha value is -1.85. The molecule has 0 amide bonds. The van der Waals surface area contributed by atoms with Crippen LogP contribution in [0.3, 0.4) is 0 Å². The summed E-state index contributed by atoms with van der Waals surface area (Å²) in [6.45, 7) is -0.527. The molecule has 6 heteroatoms. The van der Waals surface area contributed by atoms with Crippen molar-refractivity contribution < 1.29 is 23.8 Å². The number of anilines is 1. The number of hydrogen-bond acceptors (Lipinski definition) is 3. The van der Waals surface area contributed by atoms with Gasteiger partial charge in [0.2, 0.25) is 0 Å². The van der Waals surface area contributed by atoms with E-state index in [1.165, 1.54) is 0 Å². The second-order valence-corrected chi connectivity index (χ2v) is 2.53. The normalized spacial score (nSPS) is 9.86. The van der Waals surface area contributed by atoms with Crippen LogP contribution in [-0.2, 0) is 4.79 Å². The molecule has 0 fully saturated rings. The maximum atomic E-state index is 12.9. The SMILES string of the molecule is O=C(O)CNc1cc(F)c(O)cc1F. The first kappa shape index (κ1) is 10.2. The van der Waals surface area contributed by atoms with E-state index in [1.807, 2.05) is 0 Å². The number of carboxylic acids is 1. The van der Waals surface area contributed by atoms with E-state index in [0.717, 1.165) is 0 Å². The van der Waals surface area contributed by atoms with Crippen LogP contribution >= 0.6 is 0 Å². The average molecular weight is 203 g/mol. The molecular weight excluding hydrogens is 196 g/mol. The minimum atomic E-state index is -1.20. The highest BCUT2D eigenvalue weighted by atomic mass is 19.1. The highest BCUT2D eigenvalue weighted by Gasteiger charge is 2.09. The van der Waals surface area contributed by atoms with Gasteiger partial charge >= 0.3 is 5.97 Å². The molecule has 0 aliphatic heterocycles. The number of nitrogens with one attached hydrogen (secondary N) is 1. The fourth-order valence-electron chi connectivity index (χ4n) is 0.843. The number of benzene rings is 1. The standard InChI is InChI=1S/C8H7F2NO3/c9-4-2-7(12)5(10)1-6(4)11-3-8(13)14/h1-2,11-12H,3H2,(H,13,14). The van der Waals surface area contributed by atoms with Crippen molar-refractivity contribution in [1.29, 1.82) is 0 Å². The van der Waals surface area contributed by atoms with Crippen molar-refractivity contribution in [2.45, 2.75) is 0 Å². The van der Waals surface area contributed by atoms with Crippen LogP contribution in [0.15, 0.2) is 12.1 Å². The van der Waals surface area contributed by atoms with Crippen LogP contribution in [0, 0.1) is 11.6 Å². The van der Waals surface area contributed by atoms with Crippen LogP contribution in [-0.4, -0.2) is 22.7 Å². The van der Waals surface area contributed by atoms with E-state index >= 15 is 0 Å². The molecule has 0 heterocycles. The number of phenolic OH excluding ortho intramolecular Hbond substituents is 1. The lowest BCUT2D eigenvalue weighted by Crippen LogP contribution is -2.13. The van der Waals surface area contributed by atoms with Crippen molar-refractivity contribution in [2.24, 2.45) is 0 Å². The highest BCUT2D eigenvalue weighted by molar-refractivity contribution is 5.72. The van der Waals surface area contributed by atoms with Gasteiger partial charge in [-0.15, -0.1) is 0 Å². The molecule has 4 nitrogen and oxygen atoms in total.